The quantitative estimate of drug-likeness (QED) is 0.603. The monoisotopic (exact) mass is 224 g/mol. The van der Waals surface area contributed by atoms with Crippen LogP contribution in [0.3, 0.4) is 0 Å². The Bertz CT molecular complexity index is 222. The van der Waals surface area contributed by atoms with Crippen molar-refractivity contribution in [3.63, 3.8) is 0 Å². The fourth-order valence-electron chi connectivity index (χ4n) is 1.79. The summed E-state index contributed by atoms with van der Waals surface area (Å²) in [6, 6.07) is 0. The van der Waals surface area contributed by atoms with Crippen molar-refractivity contribution in [3.05, 3.63) is 23.3 Å². The van der Waals surface area contributed by atoms with Crippen LogP contribution in [0.4, 0.5) is 0 Å². The Balaban J connectivity index is 3.54. The van der Waals surface area contributed by atoms with Gasteiger partial charge in [0.05, 0.1) is 6.61 Å². The van der Waals surface area contributed by atoms with Gasteiger partial charge in [-0.05, 0) is 52.4 Å². The van der Waals surface area contributed by atoms with Crippen molar-refractivity contribution in [2.75, 3.05) is 6.61 Å². The summed E-state index contributed by atoms with van der Waals surface area (Å²) >= 11 is 0. The van der Waals surface area contributed by atoms with Crippen molar-refractivity contribution in [1.82, 2.24) is 0 Å². The minimum absolute atomic E-state index is 0.182. The maximum absolute atomic E-state index is 8.73. The first-order chi connectivity index (χ1) is 7.56. The van der Waals surface area contributed by atoms with Gasteiger partial charge in [0.1, 0.15) is 0 Å². The van der Waals surface area contributed by atoms with Gasteiger partial charge < -0.3 is 5.11 Å². The molecule has 0 bridgehead atoms. The average Bonchev–Trinajstić information content (AvgIpc) is 2.17. The molecule has 0 aliphatic rings. The van der Waals surface area contributed by atoms with Crippen molar-refractivity contribution < 1.29 is 5.11 Å². The zero-order chi connectivity index (χ0) is 12.4. The molecular formula is C15H28O. The van der Waals surface area contributed by atoms with Crippen molar-refractivity contribution in [2.24, 2.45) is 5.92 Å². The van der Waals surface area contributed by atoms with Gasteiger partial charge in [0.25, 0.3) is 0 Å². The maximum Gasteiger partial charge on any atom is 0.0614 e. The highest BCUT2D eigenvalue weighted by Crippen LogP contribution is 2.17. The first kappa shape index (κ1) is 15.4. The van der Waals surface area contributed by atoms with Gasteiger partial charge in [-0.3, -0.25) is 0 Å². The molecule has 0 aromatic heterocycles. The van der Waals surface area contributed by atoms with E-state index < -0.39 is 0 Å². The zero-order valence-corrected chi connectivity index (χ0v) is 11.4. The summed E-state index contributed by atoms with van der Waals surface area (Å²) in [6.07, 6.45) is 10.4. The van der Waals surface area contributed by atoms with Crippen LogP contribution >= 0.6 is 0 Å². The van der Waals surface area contributed by atoms with Crippen molar-refractivity contribution >= 4 is 0 Å². The molecule has 0 aliphatic heterocycles. The molecule has 0 fully saturated rings. The summed E-state index contributed by atoms with van der Waals surface area (Å²) < 4.78 is 0. The molecule has 16 heavy (non-hydrogen) atoms. The SMILES string of the molecule is CC(C)=CCC[C@@H](C)CCC/C(C)=C/CO. The third kappa shape index (κ3) is 9.97. The molecule has 1 nitrogen and oxygen atoms in total. The molecule has 94 valence electrons. The van der Waals surface area contributed by atoms with Gasteiger partial charge in [0.2, 0.25) is 0 Å². The maximum atomic E-state index is 8.73. The molecule has 0 unspecified atom stereocenters. The highest BCUT2D eigenvalue weighted by Gasteiger charge is 2.01. The summed E-state index contributed by atoms with van der Waals surface area (Å²) in [5.74, 6) is 0.817. The predicted molar refractivity (Wildman–Crippen MR) is 72.5 cm³/mol. The van der Waals surface area contributed by atoms with E-state index in [9.17, 15) is 0 Å². The second-order valence-electron chi connectivity index (χ2n) is 5.09. The molecule has 1 N–H and O–H groups in total. The zero-order valence-electron chi connectivity index (χ0n) is 11.4. The van der Waals surface area contributed by atoms with Gasteiger partial charge in [-0.2, -0.15) is 0 Å². The Morgan fingerprint density at radius 2 is 1.81 bits per heavy atom. The summed E-state index contributed by atoms with van der Waals surface area (Å²) in [5.41, 5.74) is 2.74. The lowest BCUT2D eigenvalue weighted by atomic mass is 9.97. The van der Waals surface area contributed by atoms with E-state index in [1.807, 2.05) is 6.08 Å². The van der Waals surface area contributed by atoms with Gasteiger partial charge >= 0.3 is 0 Å². The normalized spacial score (nSPS) is 13.7. The topological polar surface area (TPSA) is 20.2 Å². The van der Waals surface area contributed by atoms with E-state index in [0.717, 1.165) is 12.3 Å². The van der Waals surface area contributed by atoms with Crippen molar-refractivity contribution in [1.29, 1.82) is 0 Å². The van der Waals surface area contributed by atoms with Crippen molar-refractivity contribution in [3.8, 4) is 0 Å². The standard InChI is InChI=1S/C15H28O/c1-13(2)7-5-8-14(3)9-6-10-15(4)11-12-16/h7,11,14,16H,5-6,8-10,12H2,1-4H3/b15-11+/t14-/m1/s1. The highest BCUT2D eigenvalue weighted by molar-refractivity contribution is 4.97. The fraction of sp³-hybridized carbons (Fsp3) is 0.733. The van der Waals surface area contributed by atoms with Crippen LogP contribution in [-0.2, 0) is 0 Å². The average molecular weight is 224 g/mol. The highest BCUT2D eigenvalue weighted by atomic mass is 16.2. The van der Waals surface area contributed by atoms with Crippen LogP contribution in [0, 0.1) is 5.92 Å². The summed E-state index contributed by atoms with van der Waals surface area (Å²) in [5, 5.41) is 8.73. The van der Waals surface area contributed by atoms with Crippen LogP contribution in [0.5, 0.6) is 0 Å². The van der Waals surface area contributed by atoms with Gasteiger partial charge in [0, 0.05) is 0 Å². The van der Waals surface area contributed by atoms with Gasteiger partial charge in [-0.1, -0.05) is 36.6 Å². The fourth-order valence-corrected chi connectivity index (χ4v) is 1.79. The molecule has 0 saturated carbocycles. The summed E-state index contributed by atoms with van der Waals surface area (Å²) in [7, 11) is 0. The second kappa shape index (κ2) is 9.65. The summed E-state index contributed by atoms with van der Waals surface area (Å²) in [6.45, 7) is 8.94. The minimum atomic E-state index is 0.182. The van der Waals surface area contributed by atoms with Crippen LogP contribution < -0.4 is 0 Å². The molecule has 1 heteroatoms. The third-order valence-corrected chi connectivity index (χ3v) is 2.92. The molecule has 0 saturated heterocycles. The largest absolute Gasteiger partial charge is 0.392 e. The van der Waals surface area contributed by atoms with Gasteiger partial charge in [0.15, 0.2) is 0 Å². The van der Waals surface area contributed by atoms with E-state index in [2.05, 4.69) is 33.8 Å². The Hall–Kier alpha value is -0.560. The number of allylic oxidation sites excluding steroid dienone is 3. The minimum Gasteiger partial charge on any atom is -0.392 e. The molecule has 1 atom stereocenters. The molecule has 0 aliphatic carbocycles. The molecule has 0 radical (unpaired) electrons. The number of aliphatic hydroxyl groups is 1. The van der Waals surface area contributed by atoms with Crippen molar-refractivity contribution in [2.45, 2.75) is 59.8 Å². The van der Waals surface area contributed by atoms with E-state index in [0.29, 0.717) is 0 Å². The molecule has 0 aromatic rings. The molecule has 0 amide bonds. The Morgan fingerprint density at radius 1 is 1.12 bits per heavy atom. The second-order valence-corrected chi connectivity index (χ2v) is 5.09. The molecule has 0 aromatic carbocycles. The lowest BCUT2D eigenvalue weighted by molar-refractivity contribution is 0.341. The number of hydrogen-bond donors (Lipinski definition) is 1. The molecule has 0 heterocycles. The first-order valence-corrected chi connectivity index (χ1v) is 6.46. The van der Waals surface area contributed by atoms with E-state index in [1.165, 1.54) is 36.8 Å². The van der Waals surface area contributed by atoms with E-state index >= 15 is 0 Å². The number of aliphatic hydroxyl groups excluding tert-OH is 1. The van der Waals surface area contributed by atoms with E-state index in [4.69, 9.17) is 5.11 Å². The third-order valence-electron chi connectivity index (χ3n) is 2.92. The van der Waals surface area contributed by atoms with E-state index in [-0.39, 0.29) is 6.61 Å². The number of hydrogen-bond acceptors (Lipinski definition) is 1. The van der Waals surface area contributed by atoms with Crippen LogP contribution in [0.2, 0.25) is 0 Å². The van der Waals surface area contributed by atoms with Gasteiger partial charge in [-0.15, -0.1) is 0 Å². The van der Waals surface area contributed by atoms with Crippen LogP contribution in [0.25, 0.3) is 0 Å². The first-order valence-electron chi connectivity index (χ1n) is 6.46. The Labute approximate surface area is 101 Å². The lowest BCUT2D eigenvalue weighted by Gasteiger charge is -2.10. The van der Waals surface area contributed by atoms with Crippen LogP contribution in [0.1, 0.15) is 59.8 Å². The van der Waals surface area contributed by atoms with E-state index in [1.54, 1.807) is 0 Å². The van der Waals surface area contributed by atoms with Crippen LogP contribution in [-0.4, -0.2) is 11.7 Å². The number of rotatable bonds is 8. The molecule has 0 rings (SSSR count). The lowest BCUT2D eigenvalue weighted by Crippen LogP contribution is -1.94. The molecule has 0 spiro atoms. The van der Waals surface area contributed by atoms with Crippen LogP contribution in [0.15, 0.2) is 23.3 Å². The predicted octanol–water partition coefficient (Wildman–Crippen LogP) is 4.48. The smallest absolute Gasteiger partial charge is 0.0614 e. The Morgan fingerprint density at radius 3 is 2.38 bits per heavy atom. The van der Waals surface area contributed by atoms with Gasteiger partial charge in [-0.25, -0.2) is 0 Å². The Kier molecular flexibility index (Phi) is 9.31. The molecular weight excluding hydrogens is 196 g/mol. The summed E-state index contributed by atoms with van der Waals surface area (Å²) in [4.78, 5) is 0.